The van der Waals surface area contributed by atoms with E-state index in [-0.39, 0.29) is 11.3 Å². The summed E-state index contributed by atoms with van der Waals surface area (Å²) >= 11 is 0. The Bertz CT molecular complexity index is 310. The van der Waals surface area contributed by atoms with Crippen molar-refractivity contribution in [2.45, 2.75) is 71.3 Å². The molecule has 2 fully saturated rings. The number of hydrogen-bond acceptors (Lipinski definition) is 2. The molecule has 2 bridgehead atoms. The van der Waals surface area contributed by atoms with Gasteiger partial charge in [-0.3, -0.25) is 4.79 Å². The molecular formula is C16H30N2O. The highest BCUT2D eigenvalue weighted by Gasteiger charge is 2.43. The van der Waals surface area contributed by atoms with Crippen molar-refractivity contribution in [2.24, 2.45) is 23.0 Å². The van der Waals surface area contributed by atoms with Crippen molar-refractivity contribution in [3.05, 3.63) is 0 Å². The highest BCUT2D eigenvalue weighted by molar-refractivity contribution is 5.83. The van der Waals surface area contributed by atoms with E-state index in [9.17, 15) is 4.79 Å². The standard InChI is InChI=1S/C16H30N2O/c1-3-7-16(11-17,8-4-2)15(19)18-14-10-12-5-6-13(14)9-12/h12-14H,3-11,17H2,1-2H3,(H,18,19). The Morgan fingerprint density at radius 3 is 2.32 bits per heavy atom. The normalized spacial score (nSPS) is 29.7. The first kappa shape index (κ1) is 14.8. The first-order chi connectivity index (χ1) is 9.15. The van der Waals surface area contributed by atoms with Crippen molar-refractivity contribution in [1.82, 2.24) is 5.32 Å². The molecule has 19 heavy (non-hydrogen) atoms. The number of rotatable bonds is 7. The lowest BCUT2D eigenvalue weighted by molar-refractivity contribution is -0.132. The summed E-state index contributed by atoms with van der Waals surface area (Å²) < 4.78 is 0. The van der Waals surface area contributed by atoms with Crippen molar-refractivity contribution in [3.8, 4) is 0 Å². The van der Waals surface area contributed by atoms with Crippen LogP contribution in [-0.2, 0) is 4.79 Å². The van der Waals surface area contributed by atoms with E-state index in [1.807, 2.05) is 0 Å². The first-order valence-corrected chi connectivity index (χ1v) is 8.16. The molecule has 0 spiro atoms. The summed E-state index contributed by atoms with van der Waals surface area (Å²) in [5.41, 5.74) is 5.66. The topological polar surface area (TPSA) is 55.1 Å². The van der Waals surface area contributed by atoms with Crippen molar-refractivity contribution in [1.29, 1.82) is 0 Å². The molecule has 3 unspecified atom stereocenters. The van der Waals surface area contributed by atoms with Gasteiger partial charge in [0.1, 0.15) is 0 Å². The van der Waals surface area contributed by atoms with Gasteiger partial charge in [-0.15, -0.1) is 0 Å². The molecule has 2 saturated carbocycles. The summed E-state index contributed by atoms with van der Waals surface area (Å²) in [5, 5.41) is 3.35. The molecule has 3 heteroatoms. The third-order valence-corrected chi connectivity index (χ3v) is 5.38. The Kier molecular flexibility index (Phi) is 4.88. The van der Waals surface area contributed by atoms with Gasteiger partial charge in [0, 0.05) is 12.6 Å². The minimum atomic E-state index is -0.314. The number of carbonyl (C=O) groups excluding carboxylic acids is 1. The van der Waals surface area contributed by atoms with Gasteiger partial charge in [0.25, 0.3) is 0 Å². The van der Waals surface area contributed by atoms with Crippen LogP contribution in [0.2, 0.25) is 0 Å². The molecule has 110 valence electrons. The lowest BCUT2D eigenvalue weighted by atomic mass is 9.78. The fraction of sp³-hybridized carbons (Fsp3) is 0.938. The molecule has 0 heterocycles. The zero-order valence-electron chi connectivity index (χ0n) is 12.6. The Balaban J connectivity index is 1.98. The van der Waals surface area contributed by atoms with E-state index in [1.54, 1.807) is 0 Å². The molecule has 2 aliphatic rings. The van der Waals surface area contributed by atoms with Crippen molar-refractivity contribution in [2.75, 3.05) is 6.54 Å². The average Bonchev–Trinajstić information content (AvgIpc) is 3.00. The van der Waals surface area contributed by atoms with Crippen LogP contribution in [0.25, 0.3) is 0 Å². The minimum absolute atomic E-state index is 0.233. The lowest BCUT2D eigenvalue weighted by Gasteiger charge is -2.34. The molecule has 0 radical (unpaired) electrons. The van der Waals surface area contributed by atoms with Gasteiger partial charge in [0.05, 0.1) is 5.41 Å². The largest absolute Gasteiger partial charge is 0.353 e. The molecule has 3 nitrogen and oxygen atoms in total. The molecule has 0 aliphatic heterocycles. The van der Waals surface area contributed by atoms with E-state index in [0.29, 0.717) is 12.6 Å². The molecule has 3 N–H and O–H groups in total. The first-order valence-electron chi connectivity index (χ1n) is 8.16. The second-order valence-electron chi connectivity index (χ2n) is 6.74. The van der Waals surface area contributed by atoms with Gasteiger partial charge >= 0.3 is 0 Å². The van der Waals surface area contributed by atoms with Crippen LogP contribution in [0.1, 0.15) is 65.2 Å². The maximum Gasteiger partial charge on any atom is 0.227 e. The Morgan fingerprint density at radius 2 is 1.89 bits per heavy atom. The Hall–Kier alpha value is -0.570. The quantitative estimate of drug-likeness (QED) is 0.744. The van der Waals surface area contributed by atoms with Crippen LogP contribution in [0.4, 0.5) is 0 Å². The molecule has 0 saturated heterocycles. The highest BCUT2D eigenvalue weighted by Crippen LogP contribution is 2.45. The number of nitrogens with one attached hydrogen (secondary N) is 1. The van der Waals surface area contributed by atoms with Crippen LogP contribution in [0.3, 0.4) is 0 Å². The smallest absolute Gasteiger partial charge is 0.227 e. The number of fused-ring (bicyclic) bond motifs is 2. The van der Waals surface area contributed by atoms with Crippen LogP contribution in [0.5, 0.6) is 0 Å². The van der Waals surface area contributed by atoms with Gasteiger partial charge < -0.3 is 11.1 Å². The zero-order valence-corrected chi connectivity index (χ0v) is 12.6. The Morgan fingerprint density at radius 1 is 1.21 bits per heavy atom. The lowest BCUT2D eigenvalue weighted by Crippen LogP contribution is -2.50. The zero-order chi connectivity index (χ0) is 13.9. The van der Waals surface area contributed by atoms with Gasteiger partial charge in [-0.2, -0.15) is 0 Å². The van der Waals surface area contributed by atoms with Gasteiger partial charge in [-0.05, 0) is 43.9 Å². The van der Waals surface area contributed by atoms with Gasteiger partial charge in [0.15, 0.2) is 0 Å². The van der Waals surface area contributed by atoms with E-state index < -0.39 is 0 Å². The van der Waals surface area contributed by atoms with Gasteiger partial charge in [0.2, 0.25) is 5.91 Å². The van der Waals surface area contributed by atoms with Gasteiger partial charge in [-0.1, -0.05) is 33.1 Å². The number of amides is 1. The van der Waals surface area contributed by atoms with Crippen LogP contribution in [-0.4, -0.2) is 18.5 Å². The summed E-state index contributed by atoms with van der Waals surface area (Å²) in [6.45, 7) is 4.77. The van der Waals surface area contributed by atoms with E-state index in [2.05, 4.69) is 19.2 Å². The molecular weight excluding hydrogens is 236 g/mol. The van der Waals surface area contributed by atoms with E-state index in [1.165, 1.54) is 25.7 Å². The monoisotopic (exact) mass is 266 g/mol. The molecule has 2 aliphatic carbocycles. The van der Waals surface area contributed by atoms with Crippen molar-refractivity contribution < 1.29 is 4.79 Å². The van der Waals surface area contributed by atoms with Crippen molar-refractivity contribution in [3.63, 3.8) is 0 Å². The van der Waals surface area contributed by atoms with Crippen molar-refractivity contribution >= 4 is 5.91 Å². The minimum Gasteiger partial charge on any atom is -0.353 e. The molecule has 2 rings (SSSR count). The summed E-state index contributed by atoms with van der Waals surface area (Å²) in [6.07, 6.45) is 9.13. The summed E-state index contributed by atoms with van der Waals surface area (Å²) in [4.78, 5) is 12.7. The maximum atomic E-state index is 12.7. The molecule has 0 aromatic rings. The third kappa shape index (κ3) is 2.96. The predicted octanol–water partition coefficient (Wildman–Crippen LogP) is 2.84. The predicted molar refractivity (Wildman–Crippen MR) is 78.7 cm³/mol. The van der Waals surface area contributed by atoms with Crippen LogP contribution >= 0.6 is 0 Å². The molecule has 0 aromatic heterocycles. The molecule has 1 amide bonds. The maximum absolute atomic E-state index is 12.7. The fourth-order valence-electron chi connectivity index (χ4n) is 4.35. The average molecular weight is 266 g/mol. The van der Waals surface area contributed by atoms with E-state index in [0.717, 1.165) is 37.5 Å². The summed E-state index contributed by atoms with van der Waals surface area (Å²) in [6, 6.07) is 0.436. The number of carbonyl (C=O) groups is 1. The molecule has 0 aromatic carbocycles. The summed E-state index contributed by atoms with van der Waals surface area (Å²) in [7, 11) is 0. The number of hydrogen-bond donors (Lipinski definition) is 2. The second-order valence-corrected chi connectivity index (χ2v) is 6.74. The van der Waals surface area contributed by atoms with Crippen LogP contribution in [0.15, 0.2) is 0 Å². The van der Waals surface area contributed by atoms with E-state index >= 15 is 0 Å². The van der Waals surface area contributed by atoms with Crippen LogP contribution in [0, 0.1) is 17.3 Å². The van der Waals surface area contributed by atoms with E-state index in [4.69, 9.17) is 5.73 Å². The third-order valence-electron chi connectivity index (χ3n) is 5.38. The SMILES string of the molecule is CCCC(CN)(CCC)C(=O)NC1CC2CCC1C2. The number of nitrogens with two attached hydrogens (primary N) is 1. The molecule has 3 atom stereocenters. The second kappa shape index (κ2) is 6.25. The highest BCUT2D eigenvalue weighted by atomic mass is 16.2. The summed E-state index contributed by atoms with van der Waals surface area (Å²) in [5.74, 6) is 1.85. The van der Waals surface area contributed by atoms with Crippen LogP contribution < -0.4 is 11.1 Å². The fourth-order valence-corrected chi connectivity index (χ4v) is 4.35. The Labute approximate surface area is 117 Å². The van der Waals surface area contributed by atoms with Gasteiger partial charge in [-0.25, -0.2) is 0 Å².